The van der Waals surface area contributed by atoms with Crippen molar-refractivity contribution in [2.75, 3.05) is 19.8 Å². The molecular weight excluding hydrogens is 300 g/mol. The van der Waals surface area contributed by atoms with Crippen LogP contribution in [0.15, 0.2) is 18.2 Å². The summed E-state index contributed by atoms with van der Waals surface area (Å²) in [6.07, 6.45) is 1.61. The first-order valence-corrected chi connectivity index (χ1v) is 7.27. The average molecular weight is 314 g/mol. The highest BCUT2D eigenvalue weighted by molar-refractivity contribution is 6.22. The van der Waals surface area contributed by atoms with Gasteiger partial charge in [0.05, 0.1) is 29.3 Å². The van der Waals surface area contributed by atoms with Gasteiger partial charge in [0.25, 0.3) is 11.8 Å². The molecule has 2 aliphatic heterocycles. The summed E-state index contributed by atoms with van der Waals surface area (Å²) in [5.41, 5.74) is 0.586. The predicted molar refractivity (Wildman–Crippen MR) is 76.7 cm³/mol. The van der Waals surface area contributed by atoms with Gasteiger partial charge in [-0.1, -0.05) is 0 Å². The van der Waals surface area contributed by atoms with Gasteiger partial charge in [-0.3, -0.25) is 14.5 Å². The van der Waals surface area contributed by atoms with E-state index in [4.69, 9.17) is 14.7 Å². The maximum absolute atomic E-state index is 12.4. The molecule has 1 saturated heterocycles. The highest BCUT2D eigenvalue weighted by atomic mass is 16.5. The van der Waals surface area contributed by atoms with E-state index in [9.17, 15) is 14.4 Å². The van der Waals surface area contributed by atoms with Gasteiger partial charge in [0.15, 0.2) is 6.61 Å². The van der Waals surface area contributed by atoms with E-state index in [1.54, 1.807) is 6.07 Å². The summed E-state index contributed by atoms with van der Waals surface area (Å²) in [7, 11) is 0. The Morgan fingerprint density at radius 3 is 2.83 bits per heavy atom. The van der Waals surface area contributed by atoms with Crippen LogP contribution in [-0.4, -0.2) is 48.5 Å². The number of ether oxygens (including phenoxy) is 2. The molecule has 2 aliphatic rings. The third-order valence-corrected chi connectivity index (χ3v) is 3.88. The maximum Gasteiger partial charge on any atom is 0.339 e. The molecule has 7 nitrogen and oxygen atoms in total. The molecule has 0 N–H and O–H groups in total. The van der Waals surface area contributed by atoms with Crippen molar-refractivity contribution in [1.29, 1.82) is 5.26 Å². The van der Waals surface area contributed by atoms with Gasteiger partial charge in [0, 0.05) is 6.61 Å². The maximum atomic E-state index is 12.4. The van der Waals surface area contributed by atoms with E-state index in [1.807, 2.05) is 0 Å². The summed E-state index contributed by atoms with van der Waals surface area (Å²) < 4.78 is 10.2. The Morgan fingerprint density at radius 2 is 2.13 bits per heavy atom. The van der Waals surface area contributed by atoms with Crippen LogP contribution in [0.2, 0.25) is 0 Å². The van der Waals surface area contributed by atoms with Gasteiger partial charge in [-0.25, -0.2) is 4.79 Å². The first-order valence-electron chi connectivity index (χ1n) is 7.27. The molecule has 0 radical (unpaired) electrons. The van der Waals surface area contributed by atoms with Crippen LogP contribution in [0, 0.1) is 11.3 Å². The first-order chi connectivity index (χ1) is 11.1. The van der Waals surface area contributed by atoms with Crippen LogP contribution >= 0.6 is 0 Å². The van der Waals surface area contributed by atoms with Gasteiger partial charge in [-0.2, -0.15) is 5.26 Å². The van der Waals surface area contributed by atoms with Gasteiger partial charge in [-0.15, -0.1) is 0 Å². The molecular formula is C16H14N2O5. The molecule has 0 saturated carbocycles. The van der Waals surface area contributed by atoms with Gasteiger partial charge in [0.2, 0.25) is 0 Å². The Hall–Kier alpha value is -2.72. The van der Waals surface area contributed by atoms with E-state index in [-0.39, 0.29) is 41.9 Å². The molecule has 1 aromatic rings. The monoisotopic (exact) mass is 314 g/mol. The Labute approximate surface area is 132 Å². The second-order valence-corrected chi connectivity index (χ2v) is 5.35. The lowest BCUT2D eigenvalue weighted by molar-refractivity contribution is 0.0475. The third-order valence-electron chi connectivity index (χ3n) is 3.88. The van der Waals surface area contributed by atoms with Crippen molar-refractivity contribution < 1.29 is 23.9 Å². The van der Waals surface area contributed by atoms with Crippen molar-refractivity contribution in [3.8, 4) is 6.07 Å². The molecule has 7 heteroatoms. The van der Waals surface area contributed by atoms with Gasteiger partial charge in [-0.05, 0) is 31.0 Å². The van der Waals surface area contributed by atoms with E-state index < -0.39 is 11.9 Å². The minimum atomic E-state index is -0.702. The molecule has 118 valence electrons. The summed E-state index contributed by atoms with van der Waals surface area (Å²) >= 11 is 0. The molecule has 0 spiro atoms. The number of hydrogen-bond donors (Lipinski definition) is 0. The van der Waals surface area contributed by atoms with Crippen molar-refractivity contribution in [3.05, 3.63) is 34.9 Å². The Kier molecular flexibility index (Phi) is 4.08. The van der Waals surface area contributed by atoms with Crippen molar-refractivity contribution >= 4 is 17.8 Å². The fourth-order valence-corrected chi connectivity index (χ4v) is 2.76. The minimum Gasteiger partial charge on any atom is -0.447 e. The predicted octanol–water partition coefficient (Wildman–Crippen LogP) is 1.14. The van der Waals surface area contributed by atoms with Gasteiger partial charge in [0.1, 0.15) is 6.07 Å². The van der Waals surface area contributed by atoms with Crippen LogP contribution in [0.3, 0.4) is 0 Å². The number of amides is 2. The Morgan fingerprint density at radius 1 is 1.35 bits per heavy atom. The number of carbonyl (C=O) groups excluding carboxylic acids is 3. The number of carbonyl (C=O) groups is 3. The second kappa shape index (κ2) is 6.18. The smallest absolute Gasteiger partial charge is 0.339 e. The number of imide groups is 1. The first kappa shape index (κ1) is 15.2. The zero-order valence-electron chi connectivity index (χ0n) is 12.3. The quantitative estimate of drug-likeness (QED) is 0.611. The average Bonchev–Trinajstić information content (AvgIpc) is 3.15. The lowest BCUT2D eigenvalue weighted by Gasteiger charge is -2.17. The summed E-state index contributed by atoms with van der Waals surface area (Å²) in [6, 6.07) is 5.89. The van der Waals surface area contributed by atoms with E-state index >= 15 is 0 Å². The molecule has 23 heavy (non-hydrogen) atoms. The lowest BCUT2D eigenvalue weighted by Crippen LogP contribution is -2.36. The largest absolute Gasteiger partial charge is 0.447 e. The van der Waals surface area contributed by atoms with Crippen LogP contribution in [0.4, 0.5) is 0 Å². The third kappa shape index (κ3) is 2.81. The number of fused-ring (bicyclic) bond motifs is 1. The van der Waals surface area contributed by atoms with Crippen molar-refractivity contribution in [2.45, 2.75) is 18.9 Å². The Bertz CT molecular complexity index is 716. The van der Waals surface area contributed by atoms with Crippen LogP contribution in [0.25, 0.3) is 0 Å². The molecule has 0 aliphatic carbocycles. The molecule has 0 aromatic heterocycles. The Balaban J connectivity index is 1.81. The van der Waals surface area contributed by atoms with Crippen molar-refractivity contribution in [2.24, 2.45) is 0 Å². The van der Waals surface area contributed by atoms with Crippen LogP contribution in [-0.2, 0) is 9.47 Å². The second-order valence-electron chi connectivity index (χ2n) is 5.35. The van der Waals surface area contributed by atoms with Crippen molar-refractivity contribution in [1.82, 2.24) is 4.90 Å². The molecule has 1 atom stereocenters. The molecule has 1 unspecified atom stereocenters. The van der Waals surface area contributed by atoms with E-state index in [0.717, 1.165) is 17.7 Å². The summed E-state index contributed by atoms with van der Waals surface area (Å²) in [5, 5.41) is 8.42. The number of hydrogen-bond acceptors (Lipinski definition) is 6. The number of rotatable bonds is 4. The zero-order valence-corrected chi connectivity index (χ0v) is 12.3. The lowest BCUT2D eigenvalue weighted by atomic mass is 10.1. The molecule has 3 rings (SSSR count). The fraction of sp³-hybridized carbons (Fsp3) is 0.375. The number of nitriles is 1. The molecule has 1 aromatic carbocycles. The summed E-state index contributed by atoms with van der Waals surface area (Å²) in [6.45, 7) is 0.497. The minimum absolute atomic E-state index is 0.128. The number of esters is 1. The molecule has 2 amide bonds. The topological polar surface area (TPSA) is 96.7 Å². The number of nitrogens with zero attached hydrogens (tertiary/aromatic N) is 2. The van der Waals surface area contributed by atoms with Gasteiger partial charge < -0.3 is 9.47 Å². The highest BCUT2D eigenvalue weighted by Gasteiger charge is 2.38. The van der Waals surface area contributed by atoms with E-state index in [0.29, 0.717) is 6.61 Å². The van der Waals surface area contributed by atoms with Crippen molar-refractivity contribution in [3.63, 3.8) is 0 Å². The summed E-state index contributed by atoms with van der Waals surface area (Å²) in [5.74, 6) is -1.51. The summed E-state index contributed by atoms with van der Waals surface area (Å²) in [4.78, 5) is 37.7. The van der Waals surface area contributed by atoms with Crippen LogP contribution in [0.1, 0.15) is 43.9 Å². The molecule has 0 bridgehead atoms. The number of benzene rings is 1. The highest BCUT2D eigenvalue weighted by Crippen LogP contribution is 2.26. The SMILES string of the molecule is N#CCOC(=O)c1ccc2c(c1)C(=O)N(CC1CCCO1)C2=O. The normalized spacial score (nSPS) is 19.6. The van der Waals surface area contributed by atoms with Crippen LogP contribution in [0.5, 0.6) is 0 Å². The van der Waals surface area contributed by atoms with Gasteiger partial charge >= 0.3 is 5.97 Å². The fourth-order valence-electron chi connectivity index (χ4n) is 2.76. The zero-order chi connectivity index (χ0) is 16.4. The standard InChI is InChI=1S/C16H14N2O5/c17-5-7-23-16(21)10-3-4-12-13(8-10)15(20)18(14(12)19)9-11-2-1-6-22-11/h3-4,8,11H,1-2,6-7,9H2. The van der Waals surface area contributed by atoms with E-state index in [1.165, 1.54) is 18.2 Å². The molecule has 2 heterocycles. The molecule has 1 fully saturated rings. The van der Waals surface area contributed by atoms with E-state index in [2.05, 4.69) is 0 Å². The van der Waals surface area contributed by atoms with Crippen LogP contribution < -0.4 is 0 Å².